The fraction of sp³-hybridized carbons (Fsp3) is 0.404. The van der Waals surface area contributed by atoms with Crippen molar-refractivity contribution >= 4 is 63.5 Å². The van der Waals surface area contributed by atoms with Crippen LogP contribution < -0.4 is 5.46 Å². The first-order valence-corrected chi connectivity index (χ1v) is 27.0. The molecule has 2 fully saturated rings. The van der Waals surface area contributed by atoms with Gasteiger partial charge >= 0.3 is 19.3 Å². The molecule has 2 atom stereocenters. The first-order valence-electron chi connectivity index (χ1n) is 26.2. The van der Waals surface area contributed by atoms with E-state index in [1.54, 1.807) is 53.8 Å². The Bertz CT molecular complexity index is 3560. The van der Waals surface area contributed by atoms with Gasteiger partial charge in [0, 0.05) is 117 Å². The van der Waals surface area contributed by atoms with E-state index >= 15 is 0 Å². The average Bonchev–Trinajstić information content (AvgIpc) is 4.23. The monoisotopic (exact) mass is 1170 g/mol. The third kappa shape index (κ3) is 14.5. The molecule has 24 heteroatoms. The lowest BCUT2D eigenvalue weighted by atomic mass is 9.83. The van der Waals surface area contributed by atoms with Crippen LogP contribution in [0.2, 0.25) is 0 Å². The van der Waals surface area contributed by atoms with Crippen LogP contribution in [0.4, 0.5) is 9.59 Å². The highest BCUT2D eigenvalue weighted by molar-refractivity contribution is 9.10. The number of fused-ring (bicyclic) bond motifs is 2. The Balaban J connectivity index is 0.000000201. The molecule has 0 bridgehead atoms. The summed E-state index contributed by atoms with van der Waals surface area (Å²) in [6.07, 6.45) is 12.8. The quantitative estimate of drug-likeness (QED) is 0.143. The number of nitrogens with zero attached hydrogens (tertiary/aromatic N) is 14. The van der Waals surface area contributed by atoms with Crippen LogP contribution in [0, 0.1) is 13.8 Å². The van der Waals surface area contributed by atoms with E-state index in [0.29, 0.717) is 44.7 Å². The maximum absolute atomic E-state index is 13.1. The van der Waals surface area contributed by atoms with E-state index in [2.05, 4.69) is 64.5 Å². The van der Waals surface area contributed by atoms with Crippen LogP contribution in [0.15, 0.2) is 103 Å². The summed E-state index contributed by atoms with van der Waals surface area (Å²) in [4.78, 5) is 66.9. The summed E-state index contributed by atoms with van der Waals surface area (Å²) in [5.74, 6) is -0.162. The molecule has 4 amide bonds. The fourth-order valence-electron chi connectivity index (χ4n) is 9.34. The van der Waals surface area contributed by atoms with E-state index in [9.17, 15) is 19.2 Å². The lowest BCUT2D eigenvalue weighted by molar-refractivity contribution is -0.141. The lowest BCUT2D eigenvalue weighted by Gasteiger charge is -2.39. The minimum Gasteiger partial charge on any atom is -0.444 e. The molecule has 10 rings (SSSR count). The molecule has 2 aliphatic rings. The van der Waals surface area contributed by atoms with Gasteiger partial charge in [-0.25, -0.2) is 28.6 Å². The summed E-state index contributed by atoms with van der Waals surface area (Å²) in [6.45, 7) is 21.3. The van der Waals surface area contributed by atoms with Crippen molar-refractivity contribution in [3.63, 3.8) is 0 Å². The molecule has 2 aromatic carbocycles. The highest BCUT2D eigenvalue weighted by Gasteiger charge is 2.38. The number of halogens is 1. The number of amides is 4. The van der Waals surface area contributed by atoms with Crippen molar-refractivity contribution < 1.29 is 38.7 Å². The molecule has 6 aromatic heterocycles. The van der Waals surface area contributed by atoms with Gasteiger partial charge in [-0.1, -0.05) is 31.7 Å². The van der Waals surface area contributed by atoms with Crippen molar-refractivity contribution in [3.8, 4) is 33.6 Å². The second-order valence-corrected chi connectivity index (χ2v) is 22.9. The van der Waals surface area contributed by atoms with E-state index in [1.165, 1.54) is 20.7 Å². The van der Waals surface area contributed by atoms with Crippen LogP contribution in [0.3, 0.4) is 0 Å². The van der Waals surface area contributed by atoms with E-state index in [-0.39, 0.29) is 19.2 Å². The van der Waals surface area contributed by atoms with Gasteiger partial charge < -0.3 is 29.3 Å². The predicted octanol–water partition coefficient (Wildman–Crippen LogP) is 7.24. The summed E-state index contributed by atoms with van der Waals surface area (Å²) in [5, 5.41) is 33.7. The Kier molecular flexibility index (Phi) is 18.6. The molecule has 0 radical (unpaired) electrons. The normalized spacial score (nSPS) is 15.7. The largest absolute Gasteiger partial charge is 0.491 e. The van der Waals surface area contributed by atoms with Gasteiger partial charge in [0.05, 0.1) is 28.6 Å². The molecule has 0 spiro atoms. The minimum absolute atomic E-state index is 0. The minimum atomic E-state index is -1.40. The maximum atomic E-state index is 13.1. The zero-order valence-electron chi connectivity index (χ0n) is 47.2. The molecular weight excluding hydrogens is 1100 g/mol. The van der Waals surface area contributed by atoms with Crippen LogP contribution in [0.5, 0.6) is 0 Å². The van der Waals surface area contributed by atoms with Gasteiger partial charge in [0.25, 0.3) is 0 Å². The first kappa shape index (κ1) is 60.7. The van der Waals surface area contributed by atoms with Crippen molar-refractivity contribution in [3.05, 3.63) is 125 Å². The number of carbonyl (C=O) groups is 4. The van der Waals surface area contributed by atoms with Crippen molar-refractivity contribution in [2.24, 2.45) is 14.1 Å². The Morgan fingerprint density at radius 2 is 1.07 bits per heavy atom. The van der Waals surface area contributed by atoms with Crippen molar-refractivity contribution in [1.82, 2.24) is 68.4 Å². The van der Waals surface area contributed by atoms with Gasteiger partial charge in [-0.3, -0.25) is 28.8 Å². The Labute approximate surface area is 480 Å². The number of rotatable bonds is 8. The number of ether oxygens (including phenoxy) is 2. The third-order valence-electron chi connectivity index (χ3n) is 13.5. The zero-order valence-corrected chi connectivity index (χ0v) is 48.8. The molecule has 22 nitrogen and oxygen atoms in total. The summed E-state index contributed by atoms with van der Waals surface area (Å²) in [6, 6.07) is 15.3. The number of aryl methyl sites for hydroxylation is 4. The standard InChI is InChI=1S/C28H33N7O3.C24H28BrN5O3.C4H7BN2O2.CH4/c1-18-11-20(25-24-12-22(16-35(24)31-17-29-25)23-13-30-32(6)14-23)7-8-21(18)15-33-9-10-34(19(2)26(33)36)27(37)38-28(3,4)5;1-15-10-17(21-20-11-19(25)13-30(20)27-14-26-21)6-7-18(15)12-28-8-9-29(16(2)22(28)31)23(32)33-24(3,4)5;1-7-3-4(2-6-7)5(8)9;/h7-8,11-14,16-17,19H,9-10,15H2,1-6H3;6-7,10-11,13-14,16H,8-9,12H2,1-5H3;2-3,8-9H,1H3;1H4. The van der Waals surface area contributed by atoms with E-state index < -0.39 is 42.6 Å². The first-order chi connectivity index (χ1) is 37.7. The molecule has 2 aliphatic heterocycles. The Morgan fingerprint density at radius 3 is 1.48 bits per heavy atom. The zero-order chi connectivity index (χ0) is 58.0. The second kappa shape index (κ2) is 24.8. The van der Waals surface area contributed by atoms with Gasteiger partial charge in [0.1, 0.15) is 35.9 Å². The number of carbonyl (C=O) groups excluding carboxylic acids is 4. The lowest BCUT2D eigenvalue weighted by Crippen LogP contribution is -2.57. The number of piperazine rings is 2. The van der Waals surface area contributed by atoms with E-state index in [1.807, 2.05) is 127 Å². The molecule has 2 N–H and O–H groups in total. The van der Waals surface area contributed by atoms with Crippen LogP contribution in [-0.4, -0.2) is 159 Å². The topological polar surface area (TPSA) is 236 Å². The Hall–Kier alpha value is -7.96. The second-order valence-electron chi connectivity index (χ2n) is 22.0. The molecule has 0 aliphatic carbocycles. The fourth-order valence-corrected chi connectivity index (χ4v) is 9.75. The van der Waals surface area contributed by atoms with Gasteiger partial charge in [-0.05, 0) is 132 Å². The molecule has 2 unspecified atom stereocenters. The van der Waals surface area contributed by atoms with Gasteiger partial charge in [-0.15, -0.1) is 0 Å². The number of aromatic nitrogens is 10. The molecule has 2 saturated heterocycles. The van der Waals surface area contributed by atoms with Gasteiger partial charge in [0.15, 0.2) is 0 Å². The summed E-state index contributed by atoms with van der Waals surface area (Å²) < 4.78 is 18.8. The van der Waals surface area contributed by atoms with Crippen LogP contribution in [0.1, 0.15) is 85.1 Å². The molecular formula is C57H72BBrN14O8. The van der Waals surface area contributed by atoms with E-state index in [4.69, 9.17) is 19.5 Å². The van der Waals surface area contributed by atoms with E-state index in [0.717, 1.165) is 71.4 Å². The van der Waals surface area contributed by atoms with Gasteiger partial charge in [0.2, 0.25) is 11.8 Å². The molecule has 8 heterocycles. The molecule has 8 aromatic rings. The summed E-state index contributed by atoms with van der Waals surface area (Å²) in [5.41, 5.74) is 11.0. The number of hydrogen-bond donors (Lipinski definition) is 2. The molecule has 428 valence electrons. The maximum Gasteiger partial charge on any atom is 0.491 e. The summed E-state index contributed by atoms with van der Waals surface area (Å²) >= 11 is 3.49. The highest BCUT2D eigenvalue weighted by Crippen LogP contribution is 2.31. The van der Waals surface area contributed by atoms with Crippen molar-refractivity contribution in [2.75, 3.05) is 26.2 Å². The molecule has 0 saturated carbocycles. The van der Waals surface area contributed by atoms with Crippen LogP contribution >= 0.6 is 15.9 Å². The SMILES string of the molecule is C.Cc1cc(-c2ncnn3cc(-c4cnn(C)c4)cc23)ccc1CN1CCN(C(=O)OC(C)(C)C)C(C)C1=O.Cc1cc(-c2ncnn3cc(Br)cc23)ccc1CN1CCN(C(=O)OC(C)(C)C)C(C)C1=O.Cn1cc(B(O)O)cn1. The average molecular weight is 1170 g/mol. The van der Waals surface area contributed by atoms with Crippen LogP contribution in [-0.2, 0) is 46.2 Å². The summed E-state index contributed by atoms with van der Waals surface area (Å²) in [7, 11) is 2.20. The van der Waals surface area contributed by atoms with Crippen molar-refractivity contribution in [1.29, 1.82) is 0 Å². The van der Waals surface area contributed by atoms with Crippen molar-refractivity contribution in [2.45, 2.75) is 113 Å². The number of benzene rings is 2. The predicted molar refractivity (Wildman–Crippen MR) is 312 cm³/mol. The Morgan fingerprint density at radius 1 is 0.617 bits per heavy atom. The smallest absolute Gasteiger partial charge is 0.444 e. The third-order valence-corrected chi connectivity index (χ3v) is 14.0. The highest BCUT2D eigenvalue weighted by atomic mass is 79.9. The van der Waals surface area contributed by atoms with Crippen LogP contribution in [0.25, 0.3) is 44.7 Å². The number of hydrogen-bond acceptors (Lipinski definition) is 14. The molecule has 81 heavy (non-hydrogen) atoms. The van der Waals surface area contributed by atoms with Gasteiger partial charge in [-0.2, -0.15) is 20.4 Å².